The van der Waals surface area contributed by atoms with Gasteiger partial charge in [-0.3, -0.25) is 4.79 Å². The summed E-state index contributed by atoms with van der Waals surface area (Å²) in [5.41, 5.74) is 0. The molecule has 0 aliphatic heterocycles. The number of allylic oxidation sites excluding steroid dienone is 1. The zero-order valence-corrected chi connectivity index (χ0v) is 11.0. The fourth-order valence-electron chi connectivity index (χ4n) is 1.84. The Balaban J connectivity index is 3.14. The van der Waals surface area contributed by atoms with E-state index in [1.807, 2.05) is 6.08 Å². The van der Waals surface area contributed by atoms with E-state index in [9.17, 15) is 4.79 Å². The predicted molar refractivity (Wildman–Crippen MR) is 71.7 cm³/mol. The zero-order chi connectivity index (χ0) is 12.1. The molecule has 1 heteroatoms. The van der Waals surface area contributed by atoms with Crippen molar-refractivity contribution >= 4 is 5.78 Å². The first-order valence-electron chi connectivity index (χ1n) is 6.93. The fourth-order valence-corrected chi connectivity index (χ4v) is 1.84. The Kier molecular flexibility index (Phi) is 12.0. The summed E-state index contributed by atoms with van der Waals surface area (Å²) >= 11 is 0. The van der Waals surface area contributed by atoms with E-state index in [-0.39, 0.29) is 0 Å². The van der Waals surface area contributed by atoms with E-state index in [0.29, 0.717) is 5.78 Å². The summed E-state index contributed by atoms with van der Waals surface area (Å²) < 4.78 is 0. The van der Waals surface area contributed by atoms with Crippen molar-refractivity contribution in [3.63, 3.8) is 0 Å². The average molecular weight is 224 g/mol. The highest BCUT2D eigenvalue weighted by Gasteiger charge is 2.00. The van der Waals surface area contributed by atoms with Crippen molar-refractivity contribution in [3.05, 3.63) is 12.7 Å². The summed E-state index contributed by atoms with van der Waals surface area (Å²) in [5.74, 6) is 0.458. The van der Waals surface area contributed by atoms with Crippen LogP contribution in [0, 0.1) is 0 Å². The van der Waals surface area contributed by atoms with Gasteiger partial charge in [-0.05, 0) is 25.7 Å². The molecule has 16 heavy (non-hydrogen) atoms. The van der Waals surface area contributed by atoms with E-state index < -0.39 is 0 Å². The SMILES string of the molecule is C=CCCCCC(=O)CCCCCCCC. The minimum atomic E-state index is 0.458. The summed E-state index contributed by atoms with van der Waals surface area (Å²) in [7, 11) is 0. The third kappa shape index (κ3) is 11.5. The van der Waals surface area contributed by atoms with Crippen LogP contribution in [0.3, 0.4) is 0 Å². The molecule has 0 atom stereocenters. The van der Waals surface area contributed by atoms with Crippen molar-refractivity contribution in [1.82, 2.24) is 0 Å². The molecular formula is C15H28O. The van der Waals surface area contributed by atoms with Crippen LogP contribution in [0.15, 0.2) is 12.7 Å². The molecule has 0 aromatic carbocycles. The molecule has 0 amide bonds. The summed E-state index contributed by atoms with van der Waals surface area (Å²) in [6.07, 6.45) is 14.3. The number of hydrogen-bond acceptors (Lipinski definition) is 1. The molecule has 0 saturated heterocycles. The highest BCUT2D eigenvalue weighted by Crippen LogP contribution is 2.09. The first kappa shape index (κ1) is 15.4. The highest BCUT2D eigenvalue weighted by molar-refractivity contribution is 5.78. The van der Waals surface area contributed by atoms with Crippen molar-refractivity contribution in [3.8, 4) is 0 Å². The zero-order valence-electron chi connectivity index (χ0n) is 11.0. The normalized spacial score (nSPS) is 10.3. The third-order valence-electron chi connectivity index (χ3n) is 2.92. The standard InChI is InChI=1S/C15H28O/c1-3-5-7-9-10-12-14-15(16)13-11-8-6-4-2/h4H,2-3,5-14H2,1H3. The maximum Gasteiger partial charge on any atom is 0.132 e. The lowest BCUT2D eigenvalue weighted by molar-refractivity contribution is -0.119. The van der Waals surface area contributed by atoms with Gasteiger partial charge in [-0.2, -0.15) is 0 Å². The second kappa shape index (κ2) is 12.5. The number of hydrogen-bond donors (Lipinski definition) is 0. The quantitative estimate of drug-likeness (QED) is 0.335. The van der Waals surface area contributed by atoms with E-state index in [4.69, 9.17) is 0 Å². The predicted octanol–water partition coefficient (Wildman–Crippen LogP) is 5.05. The van der Waals surface area contributed by atoms with Crippen molar-refractivity contribution < 1.29 is 4.79 Å². The molecule has 0 heterocycles. The monoisotopic (exact) mass is 224 g/mol. The Morgan fingerprint density at radius 1 is 0.938 bits per heavy atom. The minimum Gasteiger partial charge on any atom is -0.300 e. The van der Waals surface area contributed by atoms with Gasteiger partial charge in [0.2, 0.25) is 0 Å². The molecule has 0 fully saturated rings. The summed E-state index contributed by atoms with van der Waals surface area (Å²) in [4.78, 5) is 11.5. The van der Waals surface area contributed by atoms with Crippen molar-refractivity contribution in [2.24, 2.45) is 0 Å². The van der Waals surface area contributed by atoms with Gasteiger partial charge in [0.05, 0.1) is 0 Å². The number of carbonyl (C=O) groups excluding carboxylic acids is 1. The lowest BCUT2D eigenvalue weighted by atomic mass is 10.0. The molecule has 0 aliphatic carbocycles. The van der Waals surface area contributed by atoms with Crippen LogP contribution < -0.4 is 0 Å². The Bertz CT molecular complexity index is 172. The smallest absolute Gasteiger partial charge is 0.132 e. The van der Waals surface area contributed by atoms with Crippen LogP contribution in [0.2, 0.25) is 0 Å². The molecule has 0 rings (SSSR count). The molecule has 0 N–H and O–H groups in total. The highest BCUT2D eigenvalue weighted by atomic mass is 16.1. The van der Waals surface area contributed by atoms with Gasteiger partial charge in [0, 0.05) is 12.8 Å². The number of rotatable bonds is 12. The first-order chi connectivity index (χ1) is 7.81. The van der Waals surface area contributed by atoms with E-state index in [1.165, 1.54) is 32.1 Å². The first-order valence-corrected chi connectivity index (χ1v) is 6.93. The van der Waals surface area contributed by atoms with E-state index in [2.05, 4.69) is 13.5 Å². The third-order valence-corrected chi connectivity index (χ3v) is 2.92. The van der Waals surface area contributed by atoms with Crippen molar-refractivity contribution in [2.75, 3.05) is 0 Å². The van der Waals surface area contributed by atoms with Crippen LogP contribution in [0.1, 0.15) is 77.6 Å². The van der Waals surface area contributed by atoms with Crippen LogP contribution in [0.5, 0.6) is 0 Å². The van der Waals surface area contributed by atoms with E-state index in [1.54, 1.807) is 0 Å². The molecule has 94 valence electrons. The van der Waals surface area contributed by atoms with Gasteiger partial charge in [-0.1, -0.05) is 45.1 Å². The number of Topliss-reactive ketones (excluding diaryl/α,β-unsaturated/α-hetero) is 1. The number of ketones is 1. The van der Waals surface area contributed by atoms with Gasteiger partial charge in [0.1, 0.15) is 5.78 Å². The molecule has 0 aliphatic rings. The summed E-state index contributed by atoms with van der Waals surface area (Å²) in [5, 5.41) is 0. The average Bonchev–Trinajstić information content (AvgIpc) is 2.29. The topological polar surface area (TPSA) is 17.1 Å². The van der Waals surface area contributed by atoms with Gasteiger partial charge in [-0.25, -0.2) is 0 Å². The molecule has 0 aromatic heterocycles. The molecule has 0 unspecified atom stereocenters. The molecule has 1 nitrogen and oxygen atoms in total. The van der Waals surface area contributed by atoms with Crippen LogP contribution in [0.25, 0.3) is 0 Å². The van der Waals surface area contributed by atoms with Gasteiger partial charge in [0.15, 0.2) is 0 Å². The van der Waals surface area contributed by atoms with Crippen LogP contribution >= 0.6 is 0 Å². The second-order valence-corrected chi connectivity index (χ2v) is 4.59. The molecule has 0 spiro atoms. The maximum absolute atomic E-state index is 11.5. The lowest BCUT2D eigenvalue weighted by Gasteiger charge is -2.01. The molecule has 0 radical (unpaired) electrons. The van der Waals surface area contributed by atoms with Gasteiger partial charge in [-0.15, -0.1) is 6.58 Å². The van der Waals surface area contributed by atoms with Gasteiger partial charge in [0.25, 0.3) is 0 Å². The van der Waals surface area contributed by atoms with E-state index in [0.717, 1.165) is 38.5 Å². The van der Waals surface area contributed by atoms with Crippen LogP contribution in [-0.4, -0.2) is 5.78 Å². The fraction of sp³-hybridized carbons (Fsp3) is 0.800. The van der Waals surface area contributed by atoms with Crippen molar-refractivity contribution in [1.29, 1.82) is 0 Å². The number of carbonyl (C=O) groups is 1. The van der Waals surface area contributed by atoms with Gasteiger partial charge < -0.3 is 0 Å². The van der Waals surface area contributed by atoms with E-state index >= 15 is 0 Å². The second-order valence-electron chi connectivity index (χ2n) is 4.59. The Hall–Kier alpha value is -0.590. The summed E-state index contributed by atoms with van der Waals surface area (Å²) in [6.45, 7) is 5.91. The Labute approximate surface area is 101 Å². The molecule has 0 saturated carbocycles. The van der Waals surface area contributed by atoms with Crippen molar-refractivity contribution in [2.45, 2.75) is 77.6 Å². The Morgan fingerprint density at radius 3 is 2.12 bits per heavy atom. The summed E-state index contributed by atoms with van der Waals surface area (Å²) in [6, 6.07) is 0. The number of unbranched alkanes of at least 4 members (excludes halogenated alkanes) is 7. The van der Waals surface area contributed by atoms with Crippen LogP contribution in [-0.2, 0) is 4.79 Å². The lowest BCUT2D eigenvalue weighted by Crippen LogP contribution is -1.97. The maximum atomic E-state index is 11.5. The molecule has 0 aromatic rings. The van der Waals surface area contributed by atoms with Crippen LogP contribution in [0.4, 0.5) is 0 Å². The molecule has 0 bridgehead atoms. The minimum absolute atomic E-state index is 0.458. The Morgan fingerprint density at radius 2 is 1.50 bits per heavy atom. The molecular weight excluding hydrogens is 196 g/mol. The largest absolute Gasteiger partial charge is 0.300 e. The van der Waals surface area contributed by atoms with Gasteiger partial charge >= 0.3 is 0 Å².